The Morgan fingerprint density at radius 2 is 2.08 bits per heavy atom. The molecule has 0 saturated carbocycles. The maximum absolute atomic E-state index is 6.16. The van der Waals surface area contributed by atoms with E-state index in [9.17, 15) is 0 Å². The Hall–Kier alpha value is -1.82. The Morgan fingerprint density at radius 1 is 1.29 bits per heavy atom. The predicted octanol–water partition coefficient (Wildman–Crippen LogP) is 2.40. The maximum Gasteiger partial charge on any atom is 0.177 e. The van der Waals surface area contributed by atoms with E-state index in [1.165, 1.54) is 10.5 Å². The van der Waals surface area contributed by atoms with Gasteiger partial charge in [0, 0.05) is 11.3 Å². The molecule has 1 atom stereocenters. The average Bonchev–Trinajstić information content (AvgIpc) is 3.04. The molecule has 1 saturated heterocycles. The van der Waals surface area contributed by atoms with Crippen LogP contribution in [0.15, 0.2) is 48.5 Å². The third-order valence-corrected chi connectivity index (χ3v) is 4.79. The molecule has 1 aliphatic heterocycles. The van der Waals surface area contributed by atoms with Crippen LogP contribution in [0.5, 0.6) is 5.75 Å². The zero-order valence-electron chi connectivity index (χ0n) is 13.6. The van der Waals surface area contributed by atoms with Crippen molar-refractivity contribution < 1.29 is 9.64 Å². The highest BCUT2D eigenvalue weighted by Crippen LogP contribution is 2.27. The summed E-state index contributed by atoms with van der Waals surface area (Å²) in [7, 11) is 1.60. The highest BCUT2D eigenvalue weighted by atomic mass is 35.5. The van der Waals surface area contributed by atoms with Crippen LogP contribution in [0.2, 0.25) is 5.02 Å². The molecule has 2 aromatic rings. The summed E-state index contributed by atoms with van der Waals surface area (Å²) in [6.07, 6.45) is 0. The van der Waals surface area contributed by atoms with Gasteiger partial charge in [-0.15, -0.1) is 0 Å². The van der Waals surface area contributed by atoms with Gasteiger partial charge < -0.3 is 15.0 Å². The second kappa shape index (κ2) is 7.83. The minimum atomic E-state index is 0.572. The van der Waals surface area contributed by atoms with Crippen molar-refractivity contribution in [2.75, 3.05) is 32.2 Å². The third-order valence-electron chi connectivity index (χ3n) is 4.14. The summed E-state index contributed by atoms with van der Waals surface area (Å²) in [5, 5.41) is 4.57. The normalized spacial score (nSPS) is 16.9. The summed E-state index contributed by atoms with van der Waals surface area (Å²) in [5.41, 5.74) is 2.23. The van der Waals surface area contributed by atoms with Crippen molar-refractivity contribution in [3.8, 4) is 5.75 Å². The number of anilines is 1. The van der Waals surface area contributed by atoms with Gasteiger partial charge in [0.25, 0.3) is 0 Å². The van der Waals surface area contributed by atoms with Crippen molar-refractivity contribution in [3.05, 3.63) is 59.1 Å². The number of thiocarbonyl (C=S) groups is 1. The molecule has 1 unspecified atom stereocenters. The lowest BCUT2D eigenvalue weighted by Crippen LogP contribution is -3.09. The third kappa shape index (κ3) is 4.17. The molecule has 4 nitrogen and oxygen atoms in total. The van der Waals surface area contributed by atoms with Crippen LogP contribution in [0, 0.1) is 0 Å². The number of ether oxygens (including phenoxy) is 1. The monoisotopic (exact) mass is 362 g/mol. The van der Waals surface area contributed by atoms with Gasteiger partial charge in [0.05, 0.1) is 25.2 Å². The number of rotatable bonds is 4. The van der Waals surface area contributed by atoms with Gasteiger partial charge in [0.15, 0.2) is 11.8 Å². The van der Waals surface area contributed by atoms with E-state index < -0.39 is 0 Å². The predicted molar refractivity (Wildman–Crippen MR) is 102 cm³/mol. The quantitative estimate of drug-likeness (QED) is 0.817. The summed E-state index contributed by atoms with van der Waals surface area (Å²) < 4.78 is 5.17. The van der Waals surface area contributed by atoms with Crippen LogP contribution in [-0.2, 0) is 6.54 Å². The lowest BCUT2D eigenvalue weighted by Gasteiger charge is -2.19. The van der Waals surface area contributed by atoms with Crippen molar-refractivity contribution in [2.45, 2.75) is 6.54 Å². The first-order valence-corrected chi connectivity index (χ1v) is 8.71. The smallest absolute Gasteiger partial charge is 0.177 e. The van der Waals surface area contributed by atoms with E-state index in [0.717, 1.165) is 37.1 Å². The van der Waals surface area contributed by atoms with Crippen LogP contribution in [-0.4, -0.2) is 36.9 Å². The van der Waals surface area contributed by atoms with Crippen molar-refractivity contribution in [3.63, 3.8) is 0 Å². The standard InChI is InChI=1S/C18H20ClN3OS/c1-23-17-8-7-15(11-16(17)19)20-18(24)22-10-9-21(13-22)12-14-5-3-2-4-6-14/h2-8,11H,9-10,12-13H2,1H3,(H,20,24)/p+1. The molecule has 0 aliphatic carbocycles. The van der Waals surface area contributed by atoms with Crippen LogP contribution >= 0.6 is 23.8 Å². The van der Waals surface area contributed by atoms with Gasteiger partial charge in [-0.05, 0) is 30.4 Å². The summed E-state index contributed by atoms with van der Waals surface area (Å²) in [6, 6.07) is 16.2. The number of quaternary nitrogens is 1. The van der Waals surface area contributed by atoms with Crippen LogP contribution in [0.3, 0.4) is 0 Å². The summed E-state index contributed by atoms with van der Waals surface area (Å²) >= 11 is 11.7. The van der Waals surface area contributed by atoms with Crippen molar-refractivity contribution in [1.29, 1.82) is 0 Å². The van der Waals surface area contributed by atoms with Crippen LogP contribution in [0.25, 0.3) is 0 Å². The molecule has 6 heteroatoms. The zero-order chi connectivity index (χ0) is 16.9. The van der Waals surface area contributed by atoms with E-state index in [0.29, 0.717) is 10.8 Å². The Balaban J connectivity index is 1.55. The summed E-state index contributed by atoms with van der Waals surface area (Å²) in [6.45, 7) is 3.97. The molecule has 0 radical (unpaired) electrons. The highest BCUT2D eigenvalue weighted by Gasteiger charge is 2.25. The molecule has 3 rings (SSSR count). The molecular weight excluding hydrogens is 342 g/mol. The molecule has 0 aromatic heterocycles. The Labute approximate surface area is 153 Å². The molecular formula is C18H21ClN3OS+. The van der Waals surface area contributed by atoms with E-state index in [-0.39, 0.29) is 0 Å². The fourth-order valence-corrected chi connectivity index (χ4v) is 3.40. The zero-order valence-corrected chi connectivity index (χ0v) is 15.2. The SMILES string of the molecule is COc1ccc(NC(=S)N2CC[NH+](Cc3ccccc3)C2)cc1Cl. The van der Waals surface area contributed by atoms with Crippen LogP contribution < -0.4 is 15.0 Å². The first-order valence-electron chi connectivity index (χ1n) is 7.92. The molecule has 1 heterocycles. The van der Waals surface area contributed by atoms with Gasteiger partial charge in [-0.1, -0.05) is 41.9 Å². The second-order valence-electron chi connectivity index (χ2n) is 5.86. The minimum absolute atomic E-state index is 0.572. The van der Waals surface area contributed by atoms with Gasteiger partial charge in [-0.3, -0.25) is 4.90 Å². The van der Waals surface area contributed by atoms with Gasteiger partial charge in [0.2, 0.25) is 0 Å². The fraction of sp³-hybridized carbons (Fsp3) is 0.278. The number of methoxy groups -OCH3 is 1. The Kier molecular flexibility index (Phi) is 5.56. The molecule has 24 heavy (non-hydrogen) atoms. The van der Waals surface area contributed by atoms with Crippen LogP contribution in [0.4, 0.5) is 5.69 Å². The second-order valence-corrected chi connectivity index (χ2v) is 6.66. The van der Waals surface area contributed by atoms with Crippen LogP contribution in [0.1, 0.15) is 5.56 Å². The largest absolute Gasteiger partial charge is 0.495 e. The Bertz CT molecular complexity index is 711. The lowest BCUT2D eigenvalue weighted by molar-refractivity contribution is -0.904. The summed E-state index contributed by atoms with van der Waals surface area (Å²) in [5.74, 6) is 0.660. The summed E-state index contributed by atoms with van der Waals surface area (Å²) in [4.78, 5) is 3.71. The molecule has 0 amide bonds. The molecule has 2 N–H and O–H groups in total. The topological polar surface area (TPSA) is 28.9 Å². The first kappa shape index (κ1) is 17.0. The minimum Gasteiger partial charge on any atom is -0.495 e. The van der Waals surface area contributed by atoms with E-state index in [1.807, 2.05) is 24.3 Å². The number of halogens is 1. The fourth-order valence-electron chi connectivity index (χ4n) is 2.87. The van der Waals surface area contributed by atoms with E-state index >= 15 is 0 Å². The van der Waals surface area contributed by atoms with Gasteiger partial charge in [-0.25, -0.2) is 0 Å². The first-order chi connectivity index (χ1) is 11.7. The molecule has 126 valence electrons. The number of hydrogen-bond donors (Lipinski definition) is 2. The molecule has 0 bridgehead atoms. The number of nitrogens with one attached hydrogen (secondary N) is 2. The van der Waals surface area contributed by atoms with Crippen molar-refractivity contribution in [2.24, 2.45) is 0 Å². The molecule has 0 spiro atoms. The molecule has 1 aliphatic rings. The van der Waals surface area contributed by atoms with Gasteiger partial charge in [-0.2, -0.15) is 0 Å². The molecule has 1 fully saturated rings. The average molecular weight is 363 g/mol. The van der Waals surface area contributed by atoms with Gasteiger partial charge >= 0.3 is 0 Å². The number of hydrogen-bond acceptors (Lipinski definition) is 2. The van der Waals surface area contributed by atoms with E-state index in [4.69, 9.17) is 28.6 Å². The number of nitrogens with zero attached hydrogens (tertiary/aromatic N) is 1. The molecule has 2 aromatic carbocycles. The number of benzene rings is 2. The lowest BCUT2D eigenvalue weighted by atomic mass is 10.2. The van der Waals surface area contributed by atoms with Crippen molar-refractivity contribution >= 4 is 34.6 Å². The Morgan fingerprint density at radius 3 is 2.79 bits per heavy atom. The van der Waals surface area contributed by atoms with E-state index in [2.05, 4.69) is 34.5 Å². The van der Waals surface area contributed by atoms with Crippen molar-refractivity contribution in [1.82, 2.24) is 4.90 Å². The highest BCUT2D eigenvalue weighted by molar-refractivity contribution is 7.80. The van der Waals surface area contributed by atoms with Gasteiger partial charge in [0.1, 0.15) is 12.3 Å². The van der Waals surface area contributed by atoms with E-state index in [1.54, 1.807) is 7.11 Å². The maximum atomic E-state index is 6.16.